The third-order valence-electron chi connectivity index (χ3n) is 12.4. The Morgan fingerprint density at radius 3 is 1.26 bits per heavy atom. The molecule has 4 aliphatic rings. The van der Waals surface area contributed by atoms with Crippen molar-refractivity contribution in [1.29, 1.82) is 0 Å². The number of rotatable bonds is 10. The molecule has 0 radical (unpaired) electrons. The lowest BCUT2D eigenvalue weighted by Gasteiger charge is -2.35. The molecular formula is C46H54O8. The number of methoxy groups -OCH3 is 2. The molecule has 0 heterocycles. The van der Waals surface area contributed by atoms with Gasteiger partial charge in [0.05, 0.1) is 37.3 Å². The van der Waals surface area contributed by atoms with Crippen molar-refractivity contribution in [2.45, 2.75) is 140 Å². The molecule has 6 rings (SSSR count). The van der Waals surface area contributed by atoms with Crippen LogP contribution in [0.5, 0.6) is 23.0 Å². The molecule has 0 saturated heterocycles. The van der Waals surface area contributed by atoms with Gasteiger partial charge in [0, 0.05) is 11.1 Å². The van der Waals surface area contributed by atoms with E-state index in [-0.39, 0.29) is 12.2 Å². The average molecular weight is 735 g/mol. The van der Waals surface area contributed by atoms with Crippen molar-refractivity contribution in [1.82, 2.24) is 0 Å². The fourth-order valence-corrected chi connectivity index (χ4v) is 8.79. The van der Waals surface area contributed by atoms with Crippen LogP contribution < -0.4 is 18.9 Å². The molecule has 2 N–H and O–H groups in total. The minimum absolute atomic E-state index is 0.157. The summed E-state index contributed by atoms with van der Waals surface area (Å²) in [5, 5.41) is 19.5. The van der Waals surface area contributed by atoms with E-state index in [2.05, 4.69) is 47.9 Å². The first-order valence-electron chi connectivity index (χ1n) is 19.6. The number of carboxylic acids is 2. The first kappa shape index (κ1) is 38.9. The minimum Gasteiger partial charge on any atom is -0.493 e. The molecule has 0 atom stereocenters. The Bertz CT molecular complexity index is 1760. The van der Waals surface area contributed by atoms with E-state index in [1.54, 1.807) is 28.1 Å². The summed E-state index contributed by atoms with van der Waals surface area (Å²) in [6.45, 7) is 3.38. The highest BCUT2D eigenvalue weighted by Gasteiger charge is 2.37. The maximum atomic E-state index is 11.9. The minimum atomic E-state index is -0.879. The maximum absolute atomic E-state index is 11.9. The molecule has 4 saturated carbocycles. The molecular weight excluding hydrogens is 680 g/mol. The van der Waals surface area contributed by atoms with Gasteiger partial charge in [-0.25, -0.2) is 9.59 Å². The van der Waals surface area contributed by atoms with Crippen molar-refractivity contribution in [2.24, 2.45) is 0 Å². The standard InChI is InChI=1S/C46H54O8/c1-31(43(47)48)33-19-25-45(26-20-33,35-15-17-39(51-3)41(29-35)53-37-11-5-6-12-37)23-9-10-24-46(27-21-34(22-28-46)32(2)44(49)50)36-16-18-40(52-4)42(30-36)54-38-13-7-8-14-38/h15-18,29-30,37-38H,5-8,11-14,19-22,25-28H2,1-4H3,(H,47,48)(H,49,50). The zero-order chi connectivity index (χ0) is 38.3. The number of carboxylic acid groups (broad SMARTS) is 2. The van der Waals surface area contributed by atoms with E-state index in [0.717, 1.165) is 73.6 Å². The molecule has 2 aromatic rings. The molecule has 0 spiro atoms. The van der Waals surface area contributed by atoms with Gasteiger partial charge in [-0.2, -0.15) is 0 Å². The fraction of sp³-hybridized carbons (Fsp3) is 0.522. The Morgan fingerprint density at radius 2 is 0.944 bits per heavy atom. The smallest absolute Gasteiger partial charge is 0.331 e. The Balaban J connectivity index is 1.39. The van der Waals surface area contributed by atoms with Gasteiger partial charge in [0.1, 0.15) is 0 Å². The number of hydrogen-bond donors (Lipinski definition) is 2. The van der Waals surface area contributed by atoms with Crippen molar-refractivity contribution in [2.75, 3.05) is 14.2 Å². The topological polar surface area (TPSA) is 112 Å². The van der Waals surface area contributed by atoms with Gasteiger partial charge in [-0.3, -0.25) is 0 Å². The first-order chi connectivity index (χ1) is 26.1. The normalized spacial score (nSPS) is 23.0. The fourth-order valence-electron chi connectivity index (χ4n) is 8.79. The van der Waals surface area contributed by atoms with E-state index in [9.17, 15) is 19.8 Å². The van der Waals surface area contributed by atoms with Crippen LogP contribution in [0.25, 0.3) is 0 Å². The van der Waals surface area contributed by atoms with Gasteiger partial charge in [0.25, 0.3) is 0 Å². The van der Waals surface area contributed by atoms with Gasteiger partial charge < -0.3 is 29.2 Å². The van der Waals surface area contributed by atoms with E-state index < -0.39 is 22.8 Å². The Labute approximate surface area is 320 Å². The number of ether oxygens (including phenoxy) is 4. The van der Waals surface area contributed by atoms with Crippen molar-refractivity contribution in [3.8, 4) is 46.7 Å². The van der Waals surface area contributed by atoms with E-state index in [0.29, 0.717) is 85.5 Å². The summed E-state index contributed by atoms with van der Waals surface area (Å²) in [5.74, 6) is 14.9. The molecule has 0 bridgehead atoms. The highest BCUT2D eigenvalue weighted by Crippen LogP contribution is 2.46. The maximum Gasteiger partial charge on any atom is 0.331 e. The van der Waals surface area contributed by atoms with Crippen molar-refractivity contribution < 1.29 is 38.7 Å². The van der Waals surface area contributed by atoms with Crippen molar-refractivity contribution >= 4 is 11.9 Å². The third kappa shape index (κ3) is 8.60. The molecule has 0 unspecified atom stereocenters. The second-order valence-corrected chi connectivity index (χ2v) is 15.5. The second-order valence-electron chi connectivity index (χ2n) is 15.5. The molecule has 4 fully saturated rings. The third-order valence-corrected chi connectivity index (χ3v) is 12.4. The number of benzene rings is 2. The summed E-state index contributed by atoms with van der Waals surface area (Å²) in [6, 6.07) is 12.2. The van der Waals surface area contributed by atoms with E-state index in [1.165, 1.54) is 0 Å². The van der Waals surface area contributed by atoms with Gasteiger partial charge in [-0.15, -0.1) is 0 Å². The van der Waals surface area contributed by atoms with Gasteiger partial charge in [-0.1, -0.05) is 35.1 Å². The molecule has 286 valence electrons. The number of aliphatic carboxylic acids is 2. The highest BCUT2D eigenvalue weighted by atomic mass is 16.5. The quantitative estimate of drug-likeness (QED) is 0.184. The van der Waals surface area contributed by atoms with Crippen molar-refractivity contribution in [3.05, 3.63) is 69.8 Å². The van der Waals surface area contributed by atoms with Crippen LogP contribution in [0.2, 0.25) is 0 Å². The van der Waals surface area contributed by atoms with Crippen LogP contribution in [0.1, 0.15) is 128 Å². The zero-order valence-corrected chi connectivity index (χ0v) is 32.3. The Hall–Kier alpha value is -4.82. The average Bonchev–Trinajstić information content (AvgIpc) is 3.91. The Morgan fingerprint density at radius 1 is 0.593 bits per heavy atom. The largest absolute Gasteiger partial charge is 0.493 e. The van der Waals surface area contributed by atoms with Crippen LogP contribution in [0.3, 0.4) is 0 Å². The van der Waals surface area contributed by atoms with Crippen LogP contribution in [0.4, 0.5) is 0 Å². The Kier molecular flexibility index (Phi) is 12.3. The van der Waals surface area contributed by atoms with E-state index in [1.807, 2.05) is 12.1 Å². The summed E-state index contributed by atoms with van der Waals surface area (Å²) in [5.41, 5.74) is 3.66. The molecule has 8 heteroatoms. The monoisotopic (exact) mass is 734 g/mol. The zero-order valence-electron chi connectivity index (χ0n) is 32.3. The summed E-state index contributed by atoms with van der Waals surface area (Å²) in [4.78, 5) is 23.7. The lowest BCUT2D eigenvalue weighted by molar-refractivity contribution is -0.133. The first-order valence-corrected chi connectivity index (χ1v) is 19.6. The summed E-state index contributed by atoms with van der Waals surface area (Å²) in [6.07, 6.45) is 14.2. The number of allylic oxidation sites excluding steroid dienone is 2. The predicted molar refractivity (Wildman–Crippen MR) is 208 cm³/mol. The van der Waals surface area contributed by atoms with Crippen LogP contribution in [-0.2, 0) is 20.4 Å². The summed E-state index contributed by atoms with van der Waals surface area (Å²) >= 11 is 0. The van der Waals surface area contributed by atoms with Crippen LogP contribution in [0.15, 0.2) is 58.7 Å². The lowest BCUT2D eigenvalue weighted by atomic mass is 9.67. The van der Waals surface area contributed by atoms with Crippen molar-refractivity contribution in [3.63, 3.8) is 0 Å². The number of carbonyl (C=O) groups is 2. The van der Waals surface area contributed by atoms with Gasteiger partial charge in [-0.05, 0) is 164 Å². The van der Waals surface area contributed by atoms with E-state index in [4.69, 9.17) is 18.9 Å². The summed E-state index contributed by atoms with van der Waals surface area (Å²) in [7, 11) is 3.31. The molecule has 0 aliphatic heterocycles. The van der Waals surface area contributed by atoms with E-state index >= 15 is 0 Å². The molecule has 0 aromatic heterocycles. The van der Waals surface area contributed by atoms with Gasteiger partial charge in [0.15, 0.2) is 23.0 Å². The second kappa shape index (κ2) is 17.1. The van der Waals surface area contributed by atoms with Crippen LogP contribution in [-0.4, -0.2) is 48.6 Å². The van der Waals surface area contributed by atoms with Gasteiger partial charge >= 0.3 is 11.9 Å². The lowest BCUT2D eigenvalue weighted by Crippen LogP contribution is -2.29. The van der Waals surface area contributed by atoms with Crippen LogP contribution >= 0.6 is 0 Å². The molecule has 0 amide bonds. The molecule has 4 aliphatic carbocycles. The van der Waals surface area contributed by atoms with Gasteiger partial charge in [0.2, 0.25) is 0 Å². The predicted octanol–water partition coefficient (Wildman–Crippen LogP) is 9.48. The SMILES string of the molecule is COc1ccc(C2(C#CC#CC3(c4ccc(OC)c(OC5CCCC5)c4)CCC(=C(C)C(=O)O)CC3)CCC(=C(C)C(=O)O)CC2)cc1OC1CCCC1. The van der Waals surface area contributed by atoms with Crippen LogP contribution in [0, 0.1) is 23.7 Å². The highest BCUT2D eigenvalue weighted by molar-refractivity contribution is 5.87. The number of hydrogen-bond acceptors (Lipinski definition) is 6. The molecule has 54 heavy (non-hydrogen) atoms. The summed E-state index contributed by atoms with van der Waals surface area (Å²) < 4.78 is 24.4. The molecule has 2 aromatic carbocycles. The molecule has 8 nitrogen and oxygen atoms in total.